The van der Waals surface area contributed by atoms with Gasteiger partial charge in [-0.15, -0.1) is 10.3 Å². The monoisotopic (exact) mass is 657 g/mol. The maximum Gasteiger partial charge on any atom is 0.312 e. The lowest BCUT2D eigenvalue weighted by Crippen LogP contribution is -2.60. The fourth-order valence-corrected chi connectivity index (χ4v) is 7.64. The number of esters is 1. The van der Waals surface area contributed by atoms with E-state index in [1.54, 1.807) is 0 Å². The van der Waals surface area contributed by atoms with Crippen LogP contribution in [0, 0.1) is 5.92 Å². The Hall–Kier alpha value is -1.67. The minimum absolute atomic E-state index is 0.0500. The van der Waals surface area contributed by atoms with Gasteiger partial charge in [-0.3, -0.25) is 9.69 Å². The topological polar surface area (TPSA) is 65.2 Å². The van der Waals surface area contributed by atoms with Crippen molar-refractivity contribution in [1.82, 2.24) is 9.96 Å². The molecule has 2 saturated heterocycles. The summed E-state index contributed by atoms with van der Waals surface area (Å²) in [5.41, 5.74) is 0.262. The SMILES string of the molecule is CCCCCCCCCCCCCCCCCOC(=O)C(COC1CC(C)(C)N([O])C(C)(C)C1)CN1CCN(c2ccccc2)CC1. The van der Waals surface area contributed by atoms with Gasteiger partial charge in [0, 0.05) is 49.5 Å². The summed E-state index contributed by atoms with van der Waals surface area (Å²) < 4.78 is 12.3. The number of hydroxylamine groups is 2. The molecule has 0 spiro atoms. The standard InChI is InChI=1S/C40H70N3O4/c1-6-7-8-9-10-11-12-13-14-15-16-17-18-19-23-30-46-38(44)35(34-47-37-31-39(2,3)43(45)40(4,5)32-37)33-41-26-28-42(29-27-41)36-24-21-20-22-25-36/h20-22,24-25,35,37H,6-19,23,26-34H2,1-5H3. The zero-order valence-corrected chi connectivity index (χ0v) is 31.0. The highest BCUT2D eigenvalue weighted by molar-refractivity contribution is 5.72. The first-order valence-electron chi connectivity index (χ1n) is 19.4. The first-order valence-corrected chi connectivity index (χ1v) is 19.4. The number of unbranched alkanes of at least 4 members (excludes halogenated alkanes) is 14. The average molecular weight is 657 g/mol. The Morgan fingerprint density at radius 3 is 1.74 bits per heavy atom. The molecule has 1 unspecified atom stereocenters. The number of anilines is 1. The molecule has 0 aromatic heterocycles. The van der Waals surface area contributed by atoms with E-state index in [2.05, 4.69) is 47.1 Å². The van der Waals surface area contributed by atoms with Crippen LogP contribution in [0.4, 0.5) is 5.69 Å². The Labute approximate surface area is 288 Å². The number of piperidine rings is 1. The fraction of sp³-hybridized carbons (Fsp3) is 0.825. The van der Waals surface area contributed by atoms with Gasteiger partial charge in [-0.1, -0.05) is 115 Å². The molecule has 0 aliphatic carbocycles. The van der Waals surface area contributed by atoms with Crippen LogP contribution in [-0.2, 0) is 19.5 Å². The van der Waals surface area contributed by atoms with Crippen LogP contribution in [0.5, 0.6) is 0 Å². The highest BCUT2D eigenvalue weighted by atomic mass is 16.5. The molecule has 0 N–H and O–H groups in total. The van der Waals surface area contributed by atoms with Crippen LogP contribution in [0.1, 0.15) is 144 Å². The smallest absolute Gasteiger partial charge is 0.312 e. The van der Waals surface area contributed by atoms with Gasteiger partial charge in [-0.25, -0.2) is 0 Å². The number of para-hydroxylation sites is 1. The number of benzene rings is 1. The Morgan fingerprint density at radius 2 is 1.23 bits per heavy atom. The molecule has 0 saturated carbocycles. The molecule has 2 fully saturated rings. The molecule has 2 aliphatic heterocycles. The minimum Gasteiger partial charge on any atom is -0.465 e. The van der Waals surface area contributed by atoms with Crippen molar-refractivity contribution >= 4 is 11.7 Å². The van der Waals surface area contributed by atoms with Crippen molar-refractivity contribution in [1.29, 1.82) is 0 Å². The second-order valence-corrected chi connectivity index (χ2v) is 15.7. The van der Waals surface area contributed by atoms with E-state index in [1.807, 2.05) is 27.7 Å². The number of hydrogen-bond donors (Lipinski definition) is 0. The first-order chi connectivity index (χ1) is 22.6. The second kappa shape index (κ2) is 21.4. The second-order valence-electron chi connectivity index (χ2n) is 15.7. The van der Waals surface area contributed by atoms with Crippen LogP contribution in [0.3, 0.4) is 0 Å². The summed E-state index contributed by atoms with van der Waals surface area (Å²) in [5, 5.41) is 14.1. The van der Waals surface area contributed by atoms with Crippen LogP contribution in [0.15, 0.2) is 30.3 Å². The average Bonchev–Trinajstić information content (AvgIpc) is 3.05. The van der Waals surface area contributed by atoms with Crippen molar-refractivity contribution in [2.24, 2.45) is 5.92 Å². The molecule has 1 aromatic rings. The van der Waals surface area contributed by atoms with Gasteiger partial charge >= 0.3 is 5.97 Å². The minimum atomic E-state index is -0.496. The number of carbonyl (C=O) groups excluding carboxylic acids is 1. The molecule has 0 bridgehead atoms. The molecule has 269 valence electrons. The molecule has 7 heteroatoms. The zero-order valence-electron chi connectivity index (χ0n) is 31.0. The summed E-state index contributed by atoms with van der Waals surface area (Å²) in [6.07, 6.45) is 21.1. The number of ether oxygens (including phenoxy) is 2. The summed E-state index contributed by atoms with van der Waals surface area (Å²) in [6.45, 7) is 15.4. The van der Waals surface area contributed by atoms with Crippen molar-refractivity contribution in [3.8, 4) is 0 Å². The molecular weight excluding hydrogens is 586 g/mol. The predicted octanol–water partition coefficient (Wildman–Crippen LogP) is 9.22. The van der Waals surface area contributed by atoms with Gasteiger partial charge in [-0.05, 0) is 59.1 Å². The van der Waals surface area contributed by atoms with Gasteiger partial charge in [0.1, 0.15) is 0 Å². The quantitative estimate of drug-likeness (QED) is 0.0864. The number of piperazine rings is 1. The van der Waals surface area contributed by atoms with Crippen molar-refractivity contribution < 1.29 is 19.5 Å². The van der Waals surface area contributed by atoms with Crippen molar-refractivity contribution in [3.63, 3.8) is 0 Å². The van der Waals surface area contributed by atoms with Crippen LogP contribution < -0.4 is 4.90 Å². The summed E-state index contributed by atoms with van der Waals surface area (Å²) in [6, 6.07) is 10.6. The molecule has 1 radical (unpaired) electrons. The lowest BCUT2D eigenvalue weighted by Gasteiger charge is -2.49. The largest absolute Gasteiger partial charge is 0.465 e. The molecule has 47 heavy (non-hydrogen) atoms. The molecule has 0 amide bonds. The predicted molar refractivity (Wildman–Crippen MR) is 194 cm³/mol. The molecule has 1 aromatic carbocycles. The van der Waals surface area contributed by atoms with Crippen molar-refractivity contribution in [2.45, 2.75) is 161 Å². The third kappa shape index (κ3) is 14.8. The van der Waals surface area contributed by atoms with Gasteiger partial charge < -0.3 is 14.4 Å². The molecule has 2 aliphatic rings. The number of carbonyl (C=O) groups is 1. The number of nitrogens with zero attached hydrogens (tertiary/aromatic N) is 3. The van der Waals surface area contributed by atoms with E-state index in [0.29, 0.717) is 32.6 Å². The van der Waals surface area contributed by atoms with E-state index in [4.69, 9.17) is 9.47 Å². The molecule has 2 heterocycles. The third-order valence-corrected chi connectivity index (χ3v) is 10.4. The van der Waals surface area contributed by atoms with Gasteiger partial charge in [0.05, 0.1) is 25.2 Å². The van der Waals surface area contributed by atoms with Gasteiger partial charge in [-0.2, -0.15) is 0 Å². The zero-order chi connectivity index (χ0) is 34.0. The van der Waals surface area contributed by atoms with Crippen LogP contribution in [-0.4, -0.2) is 79.1 Å². The maximum absolute atomic E-state index is 13.4. The van der Waals surface area contributed by atoms with Crippen LogP contribution in [0.2, 0.25) is 0 Å². The number of hydrogen-bond acceptors (Lipinski definition) is 6. The van der Waals surface area contributed by atoms with E-state index < -0.39 is 11.1 Å². The maximum atomic E-state index is 13.4. The summed E-state index contributed by atoms with van der Waals surface area (Å²) in [4.78, 5) is 18.2. The third-order valence-electron chi connectivity index (χ3n) is 10.4. The lowest BCUT2D eigenvalue weighted by molar-refractivity contribution is -0.301. The summed E-state index contributed by atoms with van der Waals surface area (Å²) in [5.74, 6) is -0.466. The highest BCUT2D eigenvalue weighted by Crippen LogP contribution is 2.38. The van der Waals surface area contributed by atoms with E-state index in [9.17, 15) is 10.0 Å². The summed E-state index contributed by atoms with van der Waals surface area (Å²) in [7, 11) is 0. The molecule has 1 atom stereocenters. The Balaban J connectivity index is 1.36. The van der Waals surface area contributed by atoms with Crippen LogP contribution >= 0.6 is 0 Å². The lowest BCUT2D eigenvalue weighted by atomic mass is 9.80. The summed E-state index contributed by atoms with van der Waals surface area (Å²) >= 11 is 0. The Kier molecular flexibility index (Phi) is 18.1. The van der Waals surface area contributed by atoms with Gasteiger partial charge in [0.15, 0.2) is 0 Å². The normalized spacial score (nSPS) is 19.6. The van der Waals surface area contributed by atoms with E-state index >= 15 is 0 Å². The Morgan fingerprint density at radius 1 is 0.745 bits per heavy atom. The van der Waals surface area contributed by atoms with Crippen molar-refractivity contribution in [2.75, 3.05) is 50.8 Å². The van der Waals surface area contributed by atoms with E-state index in [0.717, 1.165) is 39.0 Å². The van der Waals surface area contributed by atoms with Crippen molar-refractivity contribution in [3.05, 3.63) is 30.3 Å². The number of rotatable bonds is 23. The van der Waals surface area contributed by atoms with E-state index in [1.165, 1.54) is 94.2 Å². The van der Waals surface area contributed by atoms with E-state index in [-0.39, 0.29) is 18.0 Å². The highest BCUT2D eigenvalue weighted by Gasteiger charge is 2.46. The Bertz CT molecular complexity index is 945. The molecule has 3 rings (SSSR count). The molecular formula is C40H70N3O4. The first kappa shape index (κ1) is 39.8. The van der Waals surface area contributed by atoms with Gasteiger partial charge in [0.25, 0.3) is 0 Å². The van der Waals surface area contributed by atoms with Gasteiger partial charge in [0.2, 0.25) is 0 Å². The fourth-order valence-electron chi connectivity index (χ4n) is 7.64. The van der Waals surface area contributed by atoms with Crippen LogP contribution in [0.25, 0.3) is 0 Å². The molecule has 7 nitrogen and oxygen atoms in total.